The highest BCUT2D eigenvalue weighted by Crippen LogP contribution is 2.43. The molecule has 0 N–H and O–H groups in total. The maximum absolute atomic E-state index is 6.34. The third-order valence-corrected chi connectivity index (χ3v) is 9.85. The quantitative estimate of drug-likeness (QED) is 0.209. The second-order valence-corrected chi connectivity index (χ2v) is 12.0. The topological polar surface area (TPSA) is 43.9 Å². The summed E-state index contributed by atoms with van der Waals surface area (Å²) < 4.78 is 10.9. The molecule has 4 aromatic heterocycles. The van der Waals surface area contributed by atoms with E-state index in [2.05, 4.69) is 114 Å². The number of benzene rings is 6. The Kier molecular flexibility index (Phi) is 4.57. The van der Waals surface area contributed by atoms with Crippen LogP contribution in [0.2, 0.25) is 0 Å². The van der Waals surface area contributed by atoms with Gasteiger partial charge in [-0.25, -0.2) is 9.97 Å². The lowest BCUT2D eigenvalue weighted by Crippen LogP contribution is -2.02. The van der Waals surface area contributed by atoms with Crippen LogP contribution in [0.4, 0.5) is 0 Å². The van der Waals surface area contributed by atoms with Crippen LogP contribution in [0.5, 0.6) is 0 Å². The van der Waals surface area contributed by atoms with Crippen molar-refractivity contribution < 1.29 is 4.42 Å². The fraction of sp³-hybridized carbons (Fsp3) is 0. The normalized spacial score (nSPS) is 12.2. The molecule has 0 saturated heterocycles. The van der Waals surface area contributed by atoms with Gasteiger partial charge in [0.1, 0.15) is 11.2 Å². The minimum absolute atomic E-state index is 0.654. The Morgan fingerprint density at radius 2 is 1.28 bits per heavy atom. The summed E-state index contributed by atoms with van der Waals surface area (Å²) >= 11 is 1.78. The predicted molar refractivity (Wildman–Crippen MR) is 179 cm³/mol. The molecule has 10 aromatic rings. The van der Waals surface area contributed by atoms with Gasteiger partial charge in [0.25, 0.3) is 0 Å². The fourth-order valence-corrected chi connectivity index (χ4v) is 7.94. The van der Waals surface area contributed by atoms with Gasteiger partial charge in [0.05, 0.1) is 26.9 Å². The lowest BCUT2D eigenvalue weighted by Gasteiger charge is -2.10. The summed E-state index contributed by atoms with van der Waals surface area (Å²) in [5.41, 5.74) is 6.84. The number of rotatable bonds is 2. The molecule has 200 valence electrons. The molecule has 4 nitrogen and oxygen atoms in total. The Labute approximate surface area is 249 Å². The average Bonchev–Trinajstić information content (AvgIpc) is 3.73. The van der Waals surface area contributed by atoms with Crippen molar-refractivity contribution in [2.75, 3.05) is 0 Å². The molecule has 0 atom stereocenters. The lowest BCUT2D eigenvalue weighted by atomic mass is 10.1. The van der Waals surface area contributed by atoms with Gasteiger partial charge in [-0.05, 0) is 29.0 Å². The third-order valence-electron chi connectivity index (χ3n) is 8.61. The first-order valence-electron chi connectivity index (χ1n) is 14.3. The monoisotopic (exact) mass is 567 g/mol. The van der Waals surface area contributed by atoms with E-state index in [9.17, 15) is 0 Å². The molecule has 0 aliphatic heterocycles. The standard InChI is InChI=1S/C38H21N3OS/c1-2-11-23(12-3-1)34-37-35(27-19-18-22-10-4-5-13-24(22)36(27)43-37)40-38(39-34)41-30-16-8-6-14-25(30)28-20-29-26-15-7-9-17-32(26)42-33(29)21-31(28)41/h1-21H. The van der Waals surface area contributed by atoms with Crippen molar-refractivity contribution in [2.24, 2.45) is 0 Å². The molecule has 6 aromatic carbocycles. The van der Waals surface area contributed by atoms with Crippen molar-refractivity contribution in [3.63, 3.8) is 0 Å². The van der Waals surface area contributed by atoms with Gasteiger partial charge in [0, 0.05) is 43.3 Å². The van der Waals surface area contributed by atoms with E-state index in [0.717, 1.165) is 70.6 Å². The first kappa shape index (κ1) is 23.1. The van der Waals surface area contributed by atoms with Crippen molar-refractivity contribution >= 4 is 86.2 Å². The van der Waals surface area contributed by atoms with Crippen LogP contribution in [0.15, 0.2) is 132 Å². The van der Waals surface area contributed by atoms with Crippen LogP contribution in [-0.4, -0.2) is 14.5 Å². The number of para-hydroxylation sites is 2. The average molecular weight is 568 g/mol. The van der Waals surface area contributed by atoms with E-state index >= 15 is 0 Å². The Morgan fingerprint density at radius 1 is 0.512 bits per heavy atom. The first-order chi connectivity index (χ1) is 21.3. The molecular formula is C38H21N3OS. The minimum atomic E-state index is 0.654. The predicted octanol–water partition coefficient (Wildman–Crippen LogP) is 10.7. The van der Waals surface area contributed by atoms with Crippen LogP contribution in [-0.2, 0) is 0 Å². The molecule has 0 aliphatic carbocycles. The molecule has 0 aliphatic rings. The molecule has 10 rings (SSSR count). The van der Waals surface area contributed by atoms with Crippen LogP contribution >= 0.6 is 11.3 Å². The summed E-state index contributed by atoms with van der Waals surface area (Å²) in [6, 6.07) is 44.6. The maximum Gasteiger partial charge on any atom is 0.235 e. The van der Waals surface area contributed by atoms with E-state index in [-0.39, 0.29) is 0 Å². The van der Waals surface area contributed by atoms with Gasteiger partial charge in [-0.2, -0.15) is 0 Å². The molecule has 0 amide bonds. The Balaban J connectivity index is 1.36. The highest BCUT2D eigenvalue weighted by molar-refractivity contribution is 7.27. The molecular weight excluding hydrogens is 547 g/mol. The summed E-state index contributed by atoms with van der Waals surface area (Å²) in [6.45, 7) is 0. The van der Waals surface area contributed by atoms with Crippen molar-refractivity contribution in [3.05, 3.63) is 127 Å². The largest absolute Gasteiger partial charge is 0.456 e. The zero-order valence-electron chi connectivity index (χ0n) is 22.8. The molecule has 5 heteroatoms. The number of hydrogen-bond acceptors (Lipinski definition) is 4. The van der Waals surface area contributed by atoms with Gasteiger partial charge in [-0.1, -0.05) is 103 Å². The molecule has 0 unspecified atom stereocenters. The molecule has 0 saturated carbocycles. The lowest BCUT2D eigenvalue weighted by molar-refractivity contribution is 0.669. The smallest absolute Gasteiger partial charge is 0.235 e. The summed E-state index contributed by atoms with van der Waals surface area (Å²) in [5, 5.41) is 8.18. The van der Waals surface area contributed by atoms with E-state index in [1.54, 1.807) is 11.3 Å². The molecule has 43 heavy (non-hydrogen) atoms. The summed E-state index contributed by atoms with van der Waals surface area (Å²) in [4.78, 5) is 10.7. The zero-order chi connectivity index (χ0) is 28.1. The minimum Gasteiger partial charge on any atom is -0.456 e. The summed E-state index contributed by atoms with van der Waals surface area (Å²) in [7, 11) is 0. The van der Waals surface area contributed by atoms with Gasteiger partial charge >= 0.3 is 0 Å². The highest BCUT2D eigenvalue weighted by atomic mass is 32.1. The molecule has 0 radical (unpaired) electrons. The molecule has 0 bridgehead atoms. The molecule has 4 heterocycles. The first-order valence-corrected chi connectivity index (χ1v) is 15.2. The number of thiophene rings is 1. The van der Waals surface area contributed by atoms with E-state index in [1.165, 1.54) is 15.5 Å². The zero-order valence-corrected chi connectivity index (χ0v) is 23.6. The van der Waals surface area contributed by atoms with Gasteiger partial charge in [-0.3, -0.25) is 4.57 Å². The molecule has 0 fully saturated rings. The van der Waals surface area contributed by atoms with Gasteiger partial charge in [0.15, 0.2) is 0 Å². The Hall–Kier alpha value is -5.52. The highest BCUT2D eigenvalue weighted by Gasteiger charge is 2.21. The Bertz CT molecular complexity index is 2730. The van der Waals surface area contributed by atoms with E-state index < -0.39 is 0 Å². The number of hydrogen-bond donors (Lipinski definition) is 0. The van der Waals surface area contributed by atoms with Crippen LogP contribution in [0.1, 0.15) is 0 Å². The fourth-order valence-electron chi connectivity index (χ4n) is 6.65. The van der Waals surface area contributed by atoms with Crippen LogP contribution < -0.4 is 0 Å². The van der Waals surface area contributed by atoms with Crippen LogP contribution in [0.25, 0.3) is 92.0 Å². The van der Waals surface area contributed by atoms with E-state index in [0.29, 0.717) is 5.95 Å². The third kappa shape index (κ3) is 3.20. The Morgan fingerprint density at radius 3 is 2.19 bits per heavy atom. The van der Waals surface area contributed by atoms with Gasteiger partial charge < -0.3 is 4.42 Å². The maximum atomic E-state index is 6.34. The van der Waals surface area contributed by atoms with E-state index in [4.69, 9.17) is 14.4 Å². The SMILES string of the molecule is c1ccc(-c2nc(-n3c4ccccc4c4cc5c(cc43)oc3ccccc35)nc3c2sc2c4ccccc4ccc32)cc1. The number of aromatic nitrogens is 3. The number of fused-ring (bicyclic) bond motifs is 11. The summed E-state index contributed by atoms with van der Waals surface area (Å²) in [6.07, 6.45) is 0. The van der Waals surface area contributed by atoms with Crippen LogP contribution in [0, 0.1) is 0 Å². The van der Waals surface area contributed by atoms with Gasteiger partial charge in [-0.15, -0.1) is 11.3 Å². The van der Waals surface area contributed by atoms with Crippen molar-refractivity contribution in [3.8, 4) is 17.2 Å². The van der Waals surface area contributed by atoms with E-state index in [1.807, 2.05) is 18.2 Å². The van der Waals surface area contributed by atoms with Crippen molar-refractivity contribution in [1.29, 1.82) is 0 Å². The summed E-state index contributed by atoms with van der Waals surface area (Å²) in [5.74, 6) is 0.654. The molecule has 0 spiro atoms. The van der Waals surface area contributed by atoms with Crippen LogP contribution in [0.3, 0.4) is 0 Å². The number of nitrogens with zero attached hydrogens (tertiary/aromatic N) is 3. The van der Waals surface area contributed by atoms with Gasteiger partial charge in [0.2, 0.25) is 5.95 Å². The van der Waals surface area contributed by atoms with Crippen molar-refractivity contribution in [1.82, 2.24) is 14.5 Å². The number of furan rings is 1. The van der Waals surface area contributed by atoms with Crippen molar-refractivity contribution in [2.45, 2.75) is 0 Å². The second-order valence-electron chi connectivity index (χ2n) is 11.0. The second kappa shape index (κ2) is 8.51.